The van der Waals surface area contributed by atoms with Gasteiger partial charge in [-0.25, -0.2) is 0 Å². The molecule has 31 heavy (non-hydrogen) atoms. The fourth-order valence-corrected chi connectivity index (χ4v) is 3.56. The first kappa shape index (κ1) is 26.6. The van der Waals surface area contributed by atoms with Gasteiger partial charge in [-0.05, 0) is 64.0 Å². The summed E-state index contributed by atoms with van der Waals surface area (Å²) >= 11 is 0. The third-order valence-corrected chi connectivity index (χ3v) is 5.68. The number of carbonyl (C=O) groups is 1. The van der Waals surface area contributed by atoms with Crippen molar-refractivity contribution in [1.29, 1.82) is 0 Å². The van der Waals surface area contributed by atoms with E-state index in [1.54, 1.807) is 6.08 Å². The molecule has 168 valence electrons. The monoisotopic (exact) mass is 418 g/mol. The Labute approximate surface area is 191 Å². The van der Waals surface area contributed by atoms with Gasteiger partial charge in [-0.15, -0.1) is 0 Å². The molecule has 1 nitrogen and oxygen atoms in total. The summed E-state index contributed by atoms with van der Waals surface area (Å²) in [6.07, 6.45) is 26.4. The lowest BCUT2D eigenvalue weighted by molar-refractivity contribution is -0.117. The Balaban J connectivity index is 2.65. The second-order valence-corrected chi connectivity index (χ2v) is 9.63. The van der Waals surface area contributed by atoms with Crippen molar-refractivity contribution in [2.75, 3.05) is 0 Å². The molecule has 0 N–H and O–H groups in total. The lowest BCUT2D eigenvalue weighted by Crippen LogP contribution is -2.19. The van der Waals surface area contributed by atoms with Crippen molar-refractivity contribution in [2.24, 2.45) is 11.3 Å². The van der Waals surface area contributed by atoms with Gasteiger partial charge >= 0.3 is 0 Å². The highest BCUT2D eigenvalue weighted by molar-refractivity contribution is 5.91. The zero-order chi connectivity index (χ0) is 23.4. The van der Waals surface area contributed by atoms with Crippen molar-refractivity contribution in [3.05, 3.63) is 94.7 Å². The maximum atomic E-state index is 11.6. The Bertz CT molecular complexity index is 858. The molecular formula is C30H42O. The van der Waals surface area contributed by atoms with E-state index in [-0.39, 0.29) is 17.1 Å². The van der Waals surface area contributed by atoms with Crippen LogP contribution in [0.4, 0.5) is 0 Å². The van der Waals surface area contributed by atoms with Gasteiger partial charge in [-0.2, -0.15) is 0 Å². The van der Waals surface area contributed by atoms with E-state index in [1.165, 1.54) is 41.6 Å². The molecule has 0 aromatic heterocycles. The molecule has 0 fully saturated rings. The van der Waals surface area contributed by atoms with Crippen LogP contribution in [-0.2, 0) is 4.79 Å². The van der Waals surface area contributed by atoms with Gasteiger partial charge in [0.25, 0.3) is 0 Å². The first-order valence-corrected chi connectivity index (χ1v) is 11.5. The van der Waals surface area contributed by atoms with Crippen molar-refractivity contribution in [3.63, 3.8) is 0 Å². The average molecular weight is 419 g/mol. The molecule has 0 saturated carbocycles. The summed E-state index contributed by atoms with van der Waals surface area (Å²) in [4.78, 5) is 11.6. The van der Waals surface area contributed by atoms with E-state index in [4.69, 9.17) is 0 Å². The summed E-state index contributed by atoms with van der Waals surface area (Å²) in [6, 6.07) is 0. The molecule has 1 aliphatic carbocycles. The standard InChI is InChI=1S/C30H42O/c1-23(2)29(31)21-19-25(4)14-10-9-13-24(3)15-11-16-26(5)18-20-28-27(6)17-12-22-30(28,7)8/h9-11,13-16,18-21,23H,12,17,22H2,1-8H3/b10-9+,15-11+,20-18+,21-19+,24-13+,25-14+,26-16+. The molecule has 0 spiro atoms. The third-order valence-electron chi connectivity index (χ3n) is 5.68. The molecule has 1 rings (SSSR count). The minimum Gasteiger partial charge on any atom is -0.295 e. The van der Waals surface area contributed by atoms with Gasteiger partial charge < -0.3 is 0 Å². The van der Waals surface area contributed by atoms with Gasteiger partial charge in [0.1, 0.15) is 0 Å². The number of rotatable bonds is 9. The van der Waals surface area contributed by atoms with E-state index in [0.29, 0.717) is 0 Å². The van der Waals surface area contributed by atoms with E-state index in [1.807, 2.05) is 45.1 Å². The number of ketones is 1. The molecule has 0 aromatic carbocycles. The largest absolute Gasteiger partial charge is 0.295 e. The first-order valence-electron chi connectivity index (χ1n) is 11.5. The second-order valence-electron chi connectivity index (χ2n) is 9.63. The lowest BCUT2D eigenvalue weighted by Gasteiger charge is -2.32. The van der Waals surface area contributed by atoms with Gasteiger partial charge in [0.05, 0.1) is 0 Å². The highest BCUT2D eigenvalue weighted by Crippen LogP contribution is 2.40. The topological polar surface area (TPSA) is 17.1 Å². The van der Waals surface area contributed by atoms with Crippen LogP contribution >= 0.6 is 0 Å². The summed E-state index contributed by atoms with van der Waals surface area (Å²) in [6.45, 7) is 17.1. The third kappa shape index (κ3) is 10.4. The Kier molecular flexibility index (Phi) is 11.3. The molecule has 0 radical (unpaired) electrons. The summed E-state index contributed by atoms with van der Waals surface area (Å²) in [5, 5.41) is 0. The Morgan fingerprint density at radius 2 is 1.39 bits per heavy atom. The van der Waals surface area contributed by atoms with Crippen molar-refractivity contribution < 1.29 is 4.79 Å². The molecule has 0 aromatic rings. The number of allylic oxidation sites excluding steroid dienone is 16. The SMILES string of the molecule is CC1=C(/C=C/C(C)=C/C=C/C(C)=C/C=C/C=C(C)/C=C/C(=O)C(C)C)C(C)(C)CCC1. The smallest absolute Gasteiger partial charge is 0.158 e. The summed E-state index contributed by atoms with van der Waals surface area (Å²) < 4.78 is 0. The molecule has 0 unspecified atom stereocenters. The van der Waals surface area contributed by atoms with E-state index in [2.05, 4.69) is 71.1 Å². The molecule has 0 amide bonds. The first-order chi connectivity index (χ1) is 14.5. The summed E-state index contributed by atoms with van der Waals surface area (Å²) in [5.74, 6) is 0.204. The molecule has 1 heteroatoms. The van der Waals surface area contributed by atoms with Gasteiger partial charge in [0.2, 0.25) is 0 Å². The molecule has 0 aliphatic heterocycles. The van der Waals surface area contributed by atoms with Crippen LogP contribution in [0.1, 0.15) is 74.7 Å². The van der Waals surface area contributed by atoms with Gasteiger partial charge in [0, 0.05) is 5.92 Å². The van der Waals surface area contributed by atoms with Crippen LogP contribution in [0.5, 0.6) is 0 Å². The maximum Gasteiger partial charge on any atom is 0.158 e. The molecule has 0 heterocycles. The van der Waals surface area contributed by atoms with E-state index in [0.717, 1.165) is 5.57 Å². The van der Waals surface area contributed by atoms with Gasteiger partial charge in [-0.3, -0.25) is 4.79 Å². The van der Waals surface area contributed by atoms with Crippen molar-refractivity contribution in [1.82, 2.24) is 0 Å². The van der Waals surface area contributed by atoms with Crippen LogP contribution in [0.2, 0.25) is 0 Å². The van der Waals surface area contributed by atoms with Crippen molar-refractivity contribution >= 4 is 5.78 Å². The molecular weight excluding hydrogens is 376 g/mol. The van der Waals surface area contributed by atoms with Crippen LogP contribution < -0.4 is 0 Å². The number of carbonyl (C=O) groups excluding carboxylic acids is 1. The Hall–Kier alpha value is -2.41. The molecule has 1 aliphatic rings. The van der Waals surface area contributed by atoms with Crippen LogP contribution in [0.25, 0.3) is 0 Å². The van der Waals surface area contributed by atoms with E-state index < -0.39 is 0 Å². The van der Waals surface area contributed by atoms with Crippen LogP contribution in [-0.4, -0.2) is 5.78 Å². The predicted octanol–water partition coefficient (Wildman–Crippen LogP) is 8.80. The zero-order valence-electron chi connectivity index (χ0n) is 21.0. The van der Waals surface area contributed by atoms with Crippen LogP contribution in [0.3, 0.4) is 0 Å². The van der Waals surface area contributed by atoms with Gasteiger partial charge in [-0.1, -0.05) is 111 Å². The van der Waals surface area contributed by atoms with Crippen molar-refractivity contribution in [3.8, 4) is 0 Å². The minimum atomic E-state index is 0.0467. The molecule has 0 saturated heterocycles. The number of hydrogen-bond donors (Lipinski definition) is 0. The quantitative estimate of drug-likeness (QED) is 0.270. The van der Waals surface area contributed by atoms with Crippen molar-refractivity contribution in [2.45, 2.75) is 74.7 Å². The molecule has 0 bridgehead atoms. The van der Waals surface area contributed by atoms with Crippen LogP contribution in [0, 0.1) is 11.3 Å². The van der Waals surface area contributed by atoms with E-state index in [9.17, 15) is 4.79 Å². The fourth-order valence-electron chi connectivity index (χ4n) is 3.56. The second kappa shape index (κ2) is 13.1. The van der Waals surface area contributed by atoms with Gasteiger partial charge in [0.15, 0.2) is 5.78 Å². The minimum absolute atomic E-state index is 0.0467. The lowest BCUT2D eigenvalue weighted by atomic mass is 9.72. The fraction of sp³-hybridized carbons (Fsp3) is 0.433. The summed E-state index contributed by atoms with van der Waals surface area (Å²) in [5.41, 5.74) is 6.82. The van der Waals surface area contributed by atoms with E-state index >= 15 is 0 Å². The normalized spacial score (nSPS) is 19.2. The Morgan fingerprint density at radius 1 is 0.839 bits per heavy atom. The zero-order valence-corrected chi connectivity index (χ0v) is 21.0. The number of hydrogen-bond acceptors (Lipinski definition) is 1. The Morgan fingerprint density at radius 3 is 1.97 bits per heavy atom. The predicted molar refractivity (Wildman–Crippen MR) is 138 cm³/mol. The maximum absolute atomic E-state index is 11.6. The summed E-state index contributed by atoms with van der Waals surface area (Å²) in [7, 11) is 0. The van der Waals surface area contributed by atoms with Crippen LogP contribution in [0.15, 0.2) is 94.7 Å². The highest BCUT2D eigenvalue weighted by atomic mass is 16.1. The average Bonchev–Trinajstić information content (AvgIpc) is 2.68. The molecule has 0 atom stereocenters. The highest BCUT2D eigenvalue weighted by Gasteiger charge is 2.26.